The SMILES string of the molecule is Cn1nc(C2CC(c3ccccc3)C2)c(C(=O)Nc2ccc(F)c(Cl)c2)c1N. The molecule has 7 heteroatoms. The molecule has 0 unspecified atom stereocenters. The highest BCUT2D eigenvalue weighted by Gasteiger charge is 2.37. The number of aromatic nitrogens is 2. The molecule has 0 radical (unpaired) electrons. The van der Waals surface area contributed by atoms with Crippen LogP contribution in [-0.2, 0) is 7.05 Å². The van der Waals surface area contributed by atoms with Gasteiger partial charge in [0.05, 0.1) is 10.7 Å². The lowest BCUT2D eigenvalue weighted by Crippen LogP contribution is -2.24. The van der Waals surface area contributed by atoms with Gasteiger partial charge in [-0.15, -0.1) is 0 Å². The van der Waals surface area contributed by atoms with E-state index in [9.17, 15) is 9.18 Å². The third kappa shape index (κ3) is 3.36. The Bertz CT molecular complexity index is 1030. The van der Waals surface area contributed by atoms with Crippen LogP contribution in [0.5, 0.6) is 0 Å². The fraction of sp³-hybridized carbons (Fsp3) is 0.238. The van der Waals surface area contributed by atoms with Gasteiger partial charge in [0.25, 0.3) is 5.91 Å². The Kier molecular flexibility index (Phi) is 4.81. The summed E-state index contributed by atoms with van der Waals surface area (Å²) in [5.41, 5.74) is 8.91. The van der Waals surface area contributed by atoms with E-state index in [2.05, 4.69) is 22.5 Å². The fourth-order valence-electron chi connectivity index (χ4n) is 3.68. The zero-order chi connectivity index (χ0) is 19.8. The number of hydrogen-bond acceptors (Lipinski definition) is 3. The molecule has 0 atom stereocenters. The quantitative estimate of drug-likeness (QED) is 0.668. The molecule has 2 aromatic carbocycles. The molecule has 1 aliphatic carbocycles. The molecule has 144 valence electrons. The monoisotopic (exact) mass is 398 g/mol. The van der Waals surface area contributed by atoms with Crippen LogP contribution in [0, 0.1) is 5.82 Å². The van der Waals surface area contributed by atoms with Crippen LogP contribution < -0.4 is 11.1 Å². The van der Waals surface area contributed by atoms with Gasteiger partial charge < -0.3 is 11.1 Å². The number of nitrogens with two attached hydrogens (primary N) is 1. The van der Waals surface area contributed by atoms with Crippen LogP contribution in [0.15, 0.2) is 48.5 Å². The van der Waals surface area contributed by atoms with E-state index in [1.807, 2.05) is 18.2 Å². The Morgan fingerprint density at radius 2 is 1.93 bits per heavy atom. The summed E-state index contributed by atoms with van der Waals surface area (Å²) in [7, 11) is 1.72. The molecular weight excluding hydrogens is 379 g/mol. The average molecular weight is 399 g/mol. The van der Waals surface area contributed by atoms with Crippen molar-refractivity contribution in [2.24, 2.45) is 7.05 Å². The average Bonchev–Trinajstić information content (AvgIpc) is 2.92. The first-order chi connectivity index (χ1) is 13.4. The number of carbonyl (C=O) groups is 1. The molecule has 0 spiro atoms. The Morgan fingerprint density at radius 1 is 1.21 bits per heavy atom. The number of nitrogens with zero attached hydrogens (tertiary/aromatic N) is 2. The van der Waals surface area contributed by atoms with Crippen molar-refractivity contribution in [1.82, 2.24) is 9.78 Å². The van der Waals surface area contributed by atoms with Crippen molar-refractivity contribution in [2.45, 2.75) is 24.7 Å². The van der Waals surface area contributed by atoms with Crippen molar-refractivity contribution >= 4 is 29.0 Å². The van der Waals surface area contributed by atoms with E-state index in [0.29, 0.717) is 28.7 Å². The molecule has 3 aromatic rings. The fourth-order valence-corrected chi connectivity index (χ4v) is 3.86. The van der Waals surface area contributed by atoms with E-state index in [0.717, 1.165) is 12.8 Å². The van der Waals surface area contributed by atoms with Crippen LogP contribution in [0.25, 0.3) is 0 Å². The van der Waals surface area contributed by atoms with E-state index >= 15 is 0 Å². The van der Waals surface area contributed by atoms with Crippen molar-refractivity contribution in [3.05, 3.63) is 76.2 Å². The van der Waals surface area contributed by atoms with E-state index in [4.69, 9.17) is 17.3 Å². The largest absolute Gasteiger partial charge is 0.383 e. The predicted octanol–water partition coefficient (Wildman–Crippen LogP) is 4.71. The number of halogens is 2. The van der Waals surface area contributed by atoms with Gasteiger partial charge in [-0.1, -0.05) is 41.9 Å². The summed E-state index contributed by atoms with van der Waals surface area (Å²) < 4.78 is 14.9. The minimum absolute atomic E-state index is 0.0538. The first-order valence-corrected chi connectivity index (χ1v) is 9.45. The lowest BCUT2D eigenvalue weighted by atomic mass is 9.69. The van der Waals surface area contributed by atoms with Gasteiger partial charge in [-0.2, -0.15) is 5.10 Å². The summed E-state index contributed by atoms with van der Waals surface area (Å²) in [6, 6.07) is 14.4. The molecule has 1 aliphatic rings. The number of rotatable bonds is 4. The lowest BCUT2D eigenvalue weighted by molar-refractivity contribution is 0.102. The first-order valence-electron chi connectivity index (χ1n) is 9.07. The topological polar surface area (TPSA) is 72.9 Å². The van der Waals surface area contributed by atoms with Crippen LogP contribution >= 0.6 is 11.6 Å². The standard InChI is InChI=1S/C21H20ClFN4O/c1-27-20(24)18(21(28)25-15-7-8-17(23)16(22)11-15)19(26-27)14-9-13(10-14)12-5-3-2-4-6-12/h2-8,11,13-14H,9-10,24H2,1H3,(H,25,28). The van der Waals surface area contributed by atoms with Crippen LogP contribution in [-0.4, -0.2) is 15.7 Å². The minimum Gasteiger partial charge on any atom is -0.383 e. The normalized spacial score (nSPS) is 18.5. The second-order valence-electron chi connectivity index (χ2n) is 7.13. The molecule has 28 heavy (non-hydrogen) atoms. The van der Waals surface area contributed by atoms with Gasteiger partial charge in [-0.05, 0) is 42.5 Å². The summed E-state index contributed by atoms with van der Waals surface area (Å²) in [6.07, 6.45) is 1.84. The maximum atomic E-state index is 13.3. The number of aryl methyl sites for hydroxylation is 1. The number of nitrogens with one attached hydrogen (secondary N) is 1. The highest BCUT2D eigenvalue weighted by Crippen LogP contribution is 2.48. The van der Waals surface area contributed by atoms with E-state index in [1.165, 1.54) is 28.4 Å². The van der Waals surface area contributed by atoms with Crippen molar-refractivity contribution in [3.63, 3.8) is 0 Å². The van der Waals surface area contributed by atoms with E-state index < -0.39 is 5.82 Å². The molecule has 1 aromatic heterocycles. The maximum absolute atomic E-state index is 13.3. The first kappa shape index (κ1) is 18.5. The molecule has 5 nitrogen and oxygen atoms in total. The van der Waals surface area contributed by atoms with Gasteiger partial charge in [0, 0.05) is 18.7 Å². The number of hydrogen-bond donors (Lipinski definition) is 2. The van der Waals surface area contributed by atoms with Crippen molar-refractivity contribution in [1.29, 1.82) is 0 Å². The number of nitrogen functional groups attached to an aromatic ring is 1. The van der Waals surface area contributed by atoms with Crippen LogP contribution in [0.3, 0.4) is 0 Å². The van der Waals surface area contributed by atoms with E-state index in [-0.39, 0.29) is 16.8 Å². The lowest BCUT2D eigenvalue weighted by Gasteiger charge is -2.35. The zero-order valence-corrected chi connectivity index (χ0v) is 16.1. The van der Waals surface area contributed by atoms with Crippen LogP contribution in [0.1, 0.15) is 46.3 Å². The van der Waals surface area contributed by atoms with Gasteiger partial charge in [-0.25, -0.2) is 4.39 Å². The highest BCUT2D eigenvalue weighted by molar-refractivity contribution is 6.31. The van der Waals surface area contributed by atoms with Crippen molar-refractivity contribution in [2.75, 3.05) is 11.1 Å². The number of carbonyl (C=O) groups excluding carboxylic acids is 1. The molecule has 1 amide bonds. The summed E-state index contributed by atoms with van der Waals surface area (Å²) in [6.45, 7) is 0. The smallest absolute Gasteiger partial charge is 0.261 e. The Morgan fingerprint density at radius 3 is 2.61 bits per heavy atom. The van der Waals surface area contributed by atoms with Gasteiger partial charge >= 0.3 is 0 Å². The highest BCUT2D eigenvalue weighted by atomic mass is 35.5. The molecule has 4 rings (SSSR count). The Balaban J connectivity index is 1.55. The maximum Gasteiger partial charge on any atom is 0.261 e. The molecule has 0 saturated heterocycles. The third-order valence-electron chi connectivity index (χ3n) is 5.32. The zero-order valence-electron chi connectivity index (χ0n) is 15.3. The summed E-state index contributed by atoms with van der Waals surface area (Å²) in [5.74, 6) is 0.0329. The van der Waals surface area contributed by atoms with Gasteiger partial charge in [0.2, 0.25) is 0 Å². The molecular formula is C21H20ClFN4O. The van der Waals surface area contributed by atoms with Crippen LogP contribution in [0.2, 0.25) is 5.02 Å². The Hall–Kier alpha value is -2.86. The minimum atomic E-state index is -0.539. The van der Waals surface area contributed by atoms with Gasteiger partial charge in [-0.3, -0.25) is 9.48 Å². The van der Waals surface area contributed by atoms with Crippen molar-refractivity contribution < 1.29 is 9.18 Å². The number of amides is 1. The molecule has 1 saturated carbocycles. The summed E-state index contributed by atoms with van der Waals surface area (Å²) in [4.78, 5) is 12.9. The second kappa shape index (κ2) is 7.28. The molecule has 0 aliphatic heterocycles. The predicted molar refractivity (Wildman–Crippen MR) is 108 cm³/mol. The number of anilines is 2. The summed E-state index contributed by atoms with van der Waals surface area (Å²) >= 11 is 5.80. The van der Waals surface area contributed by atoms with Gasteiger partial charge in [0.1, 0.15) is 17.2 Å². The van der Waals surface area contributed by atoms with E-state index in [1.54, 1.807) is 7.05 Å². The molecule has 3 N–H and O–H groups in total. The molecule has 0 bridgehead atoms. The second-order valence-corrected chi connectivity index (χ2v) is 7.54. The molecule has 1 fully saturated rings. The van der Waals surface area contributed by atoms with Crippen LogP contribution in [0.4, 0.5) is 15.9 Å². The van der Waals surface area contributed by atoms with Crippen molar-refractivity contribution in [3.8, 4) is 0 Å². The third-order valence-corrected chi connectivity index (χ3v) is 5.61. The Labute approximate surface area is 167 Å². The van der Waals surface area contributed by atoms with Gasteiger partial charge in [0.15, 0.2) is 0 Å². The molecule has 1 heterocycles. The number of benzene rings is 2. The summed E-state index contributed by atoms with van der Waals surface area (Å²) in [5, 5.41) is 7.19.